The van der Waals surface area contributed by atoms with E-state index >= 15 is 0 Å². The molecule has 4 heteroatoms. The lowest BCUT2D eigenvalue weighted by molar-refractivity contribution is 0.343. The van der Waals surface area contributed by atoms with Gasteiger partial charge in [-0.25, -0.2) is 0 Å². The minimum absolute atomic E-state index is 0.0473. The Morgan fingerprint density at radius 2 is 1.89 bits per heavy atom. The molecule has 2 aromatic rings. The smallest absolute Gasteiger partial charge is 0.233 e. The van der Waals surface area contributed by atoms with Crippen LogP contribution in [0.1, 0.15) is 5.56 Å². The first-order chi connectivity index (χ1) is 8.83. The predicted octanol–water partition coefficient (Wildman–Crippen LogP) is 2.16. The largest absolute Gasteiger partial charge is 0.480 e. The zero-order chi connectivity index (χ0) is 12.8. The summed E-state index contributed by atoms with van der Waals surface area (Å²) in [6, 6.07) is 11.5. The molecular formula is C14H14N2O2. The summed E-state index contributed by atoms with van der Waals surface area (Å²) in [5.41, 5.74) is 2.83. The highest BCUT2D eigenvalue weighted by molar-refractivity contribution is 5.62. The molecule has 0 radical (unpaired) electrons. The molecule has 0 aliphatic carbocycles. The molecule has 0 atom stereocenters. The van der Waals surface area contributed by atoms with Gasteiger partial charge in [-0.1, -0.05) is 36.4 Å². The van der Waals surface area contributed by atoms with E-state index in [1.165, 1.54) is 0 Å². The van der Waals surface area contributed by atoms with Gasteiger partial charge in [-0.3, -0.25) is 0 Å². The zero-order valence-electron chi connectivity index (χ0n) is 10.1. The Kier molecular flexibility index (Phi) is 4.04. The maximum atomic E-state index is 8.69. The van der Waals surface area contributed by atoms with Gasteiger partial charge in [-0.2, -0.15) is 0 Å². The zero-order valence-corrected chi connectivity index (χ0v) is 10.1. The van der Waals surface area contributed by atoms with E-state index in [1.54, 1.807) is 19.3 Å². The number of aliphatic hydroxyl groups is 1. The van der Waals surface area contributed by atoms with Crippen LogP contribution < -0.4 is 4.74 Å². The van der Waals surface area contributed by atoms with Gasteiger partial charge in [0.2, 0.25) is 5.88 Å². The summed E-state index contributed by atoms with van der Waals surface area (Å²) in [7, 11) is 1.56. The molecule has 18 heavy (non-hydrogen) atoms. The summed E-state index contributed by atoms with van der Waals surface area (Å²) in [4.78, 5) is 0. The van der Waals surface area contributed by atoms with E-state index in [-0.39, 0.29) is 6.61 Å². The summed E-state index contributed by atoms with van der Waals surface area (Å²) in [5, 5.41) is 16.7. The van der Waals surface area contributed by atoms with E-state index in [2.05, 4.69) is 10.2 Å². The highest BCUT2D eigenvalue weighted by Gasteiger charge is 2.00. The third kappa shape index (κ3) is 2.93. The number of aromatic nitrogens is 2. The quantitative estimate of drug-likeness (QED) is 0.892. The van der Waals surface area contributed by atoms with Gasteiger partial charge in [0.15, 0.2) is 0 Å². The number of aliphatic hydroxyl groups excluding tert-OH is 1. The molecule has 0 amide bonds. The molecule has 0 aliphatic heterocycles. The van der Waals surface area contributed by atoms with Crippen LogP contribution in [0.4, 0.5) is 0 Å². The SMILES string of the molecule is COc1ccc(-c2ccc(C=CCO)cc2)nn1. The monoisotopic (exact) mass is 242 g/mol. The van der Waals surface area contributed by atoms with Crippen molar-refractivity contribution >= 4 is 6.08 Å². The number of benzene rings is 1. The van der Waals surface area contributed by atoms with Gasteiger partial charge in [0, 0.05) is 11.6 Å². The van der Waals surface area contributed by atoms with Crippen molar-refractivity contribution in [2.24, 2.45) is 0 Å². The second-order valence-corrected chi connectivity index (χ2v) is 3.67. The van der Waals surface area contributed by atoms with Crippen LogP contribution in [-0.2, 0) is 0 Å². The Morgan fingerprint density at radius 3 is 2.44 bits per heavy atom. The molecule has 92 valence electrons. The van der Waals surface area contributed by atoms with E-state index in [9.17, 15) is 0 Å². The Labute approximate surface area is 106 Å². The van der Waals surface area contributed by atoms with Gasteiger partial charge in [-0.05, 0) is 11.6 Å². The molecule has 1 aromatic carbocycles. The van der Waals surface area contributed by atoms with Gasteiger partial charge in [0.05, 0.1) is 19.4 Å². The molecule has 0 unspecified atom stereocenters. The molecule has 0 aliphatic rings. The number of rotatable bonds is 4. The van der Waals surface area contributed by atoms with Crippen LogP contribution in [0, 0.1) is 0 Å². The second kappa shape index (κ2) is 5.93. The molecule has 0 fully saturated rings. The van der Waals surface area contributed by atoms with Crippen molar-refractivity contribution in [1.82, 2.24) is 10.2 Å². The summed E-state index contributed by atoms with van der Waals surface area (Å²) < 4.78 is 4.96. The maximum absolute atomic E-state index is 8.69. The second-order valence-electron chi connectivity index (χ2n) is 3.67. The molecule has 1 aromatic heterocycles. The van der Waals surface area contributed by atoms with Crippen molar-refractivity contribution in [3.63, 3.8) is 0 Å². The average Bonchev–Trinajstić information content (AvgIpc) is 2.46. The minimum Gasteiger partial charge on any atom is -0.480 e. The minimum atomic E-state index is 0.0473. The normalized spacial score (nSPS) is 10.8. The molecule has 1 heterocycles. The topological polar surface area (TPSA) is 55.2 Å². The first-order valence-corrected chi connectivity index (χ1v) is 5.59. The number of ether oxygens (including phenoxy) is 1. The average molecular weight is 242 g/mol. The van der Waals surface area contributed by atoms with Gasteiger partial charge in [0.1, 0.15) is 0 Å². The lowest BCUT2D eigenvalue weighted by Crippen LogP contribution is -1.91. The lowest BCUT2D eigenvalue weighted by atomic mass is 10.1. The van der Waals surface area contributed by atoms with Crippen molar-refractivity contribution in [2.75, 3.05) is 13.7 Å². The van der Waals surface area contributed by atoms with Crippen molar-refractivity contribution in [3.05, 3.63) is 48.0 Å². The fourth-order valence-corrected chi connectivity index (χ4v) is 1.54. The van der Waals surface area contributed by atoms with Crippen molar-refractivity contribution in [3.8, 4) is 17.1 Å². The summed E-state index contributed by atoms with van der Waals surface area (Å²) in [6.45, 7) is 0.0473. The van der Waals surface area contributed by atoms with Crippen LogP contribution in [0.5, 0.6) is 5.88 Å². The van der Waals surface area contributed by atoms with Crippen molar-refractivity contribution in [1.29, 1.82) is 0 Å². The van der Waals surface area contributed by atoms with Crippen LogP contribution in [0.25, 0.3) is 17.3 Å². The molecule has 0 spiro atoms. The molecule has 4 nitrogen and oxygen atoms in total. The van der Waals surface area contributed by atoms with Crippen LogP contribution in [-0.4, -0.2) is 29.0 Å². The highest BCUT2D eigenvalue weighted by Crippen LogP contribution is 2.18. The van der Waals surface area contributed by atoms with Gasteiger partial charge < -0.3 is 9.84 Å². The standard InChI is InChI=1S/C14H14N2O2/c1-18-14-9-8-13(15-16-14)12-6-4-11(5-7-12)3-2-10-17/h2-9,17H,10H2,1H3. The van der Waals surface area contributed by atoms with E-state index in [0.717, 1.165) is 16.8 Å². The lowest BCUT2D eigenvalue weighted by Gasteiger charge is -2.02. The maximum Gasteiger partial charge on any atom is 0.233 e. The predicted molar refractivity (Wildman–Crippen MR) is 70.1 cm³/mol. The number of methoxy groups -OCH3 is 1. The third-order valence-corrected chi connectivity index (χ3v) is 2.47. The van der Waals surface area contributed by atoms with E-state index in [4.69, 9.17) is 9.84 Å². The molecule has 0 saturated heterocycles. The van der Waals surface area contributed by atoms with Crippen LogP contribution in [0.2, 0.25) is 0 Å². The highest BCUT2D eigenvalue weighted by atomic mass is 16.5. The van der Waals surface area contributed by atoms with Crippen molar-refractivity contribution in [2.45, 2.75) is 0 Å². The number of nitrogens with zero attached hydrogens (tertiary/aromatic N) is 2. The first kappa shape index (κ1) is 12.3. The third-order valence-electron chi connectivity index (χ3n) is 2.47. The Bertz CT molecular complexity index is 518. The molecule has 0 bridgehead atoms. The van der Waals surface area contributed by atoms with Crippen LogP contribution in [0.15, 0.2) is 42.5 Å². The summed E-state index contributed by atoms with van der Waals surface area (Å²) in [6.07, 6.45) is 3.56. The van der Waals surface area contributed by atoms with E-state index in [0.29, 0.717) is 5.88 Å². The summed E-state index contributed by atoms with van der Waals surface area (Å²) in [5.74, 6) is 0.501. The molecule has 1 N–H and O–H groups in total. The van der Waals surface area contributed by atoms with Crippen molar-refractivity contribution < 1.29 is 9.84 Å². The van der Waals surface area contributed by atoms with Crippen LogP contribution >= 0.6 is 0 Å². The summed E-state index contributed by atoms with van der Waals surface area (Å²) >= 11 is 0. The van der Waals surface area contributed by atoms with E-state index < -0.39 is 0 Å². The Balaban J connectivity index is 2.20. The first-order valence-electron chi connectivity index (χ1n) is 5.59. The molecule has 2 rings (SSSR count). The van der Waals surface area contributed by atoms with Crippen LogP contribution in [0.3, 0.4) is 0 Å². The molecule has 0 saturated carbocycles. The Hall–Kier alpha value is -2.20. The number of hydrogen-bond acceptors (Lipinski definition) is 4. The molecular weight excluding hydrogens is 228 g/mol. The fraction of sp³-hybridized carbons (Fsp3) is 0.143. The fourth-order valence-electron chi connectivity index (χ4n) is 1.54. The van der Waals surface area contributed by atoms with Gasteiger partial charge in [-0.15, -0.1) is 10.2 Å². The van der Waals surface area contributed by atoms with Gasteiger partial charge >= 0.3 is 0 Å². The van der Waals surface area contributed by atoms with Gasteiger partial charge in [0.25, 0.3) is 0 Å². The van der Waals surface area contributed by atoms with E-state index in [1.807, 2.05) is 36.4 Å². The Morgan fingerprint density at radius 1 is 1.11 bits per heavy atom. The number of hydrogen-bond donors (Lipinski definition) is 1.